The van der Waals surface area contributed by atoms with E-state index in [4.69, 9.17) is 0 Å². The molecule has 0 saturated heterocycles. The number of anilines is 1. The molecule has 0 atom stereocenters. The molecule has 100 valence electrons. The number of nitrogens with one attached hydrogen (secondary N) is 2. The van der Waals surface area contributed by atoms with Crippen molar-refractivity contribution in [2.24, 2.45) is 0 Å². The first-order chi connectivity index (χ1) is 9.29. The summed E-state index contributed by atoms with van der Waals surface area (Å²) in [6, 6.07) is 5.57. The number of hydrogen-bond acceptors (Lipinski definition) is 4. The zero-order chi connectivity index (χ0) is 13.5. The van der Waals surface area contributed by atoms with Gasteiger partial charge in [-0.15, -0.1) is 0 Å². The Kier molecular flexibility index (Phi) is 4.92. The van der Waals surface area contributed by atoms with Crippen LogP contribution in [0, 0.1) is 0 Å². The molecule has 0 bridgehead atoms. The Labute approximate surface area is 116 Å². The number of pyridine rings is 1. The minimum absolute atomic E-state index is 0.0585. The van der Waals surface area contributed by atoms with Crippen LogP contribution in [0.5, 0.6) is 0 Å². The van der Waals surface area contributed by atoms with Crippen LogP contribution < -0.4 is 10.6 Å². The second kappa shape index (κ2) is 6.89. The lowest BCUT2D eigenvalue weighted by molar-refractivity contribution is 0.0954. The van der Waals surface area contributed by atoms with Crippen molar-refractivity contribution in [3.05, 3.63) is 46.3 Å². The van der Waals surface area contributed by atoms with E-state index in [0.717, 1.165) is 18.8 Å². The number of thiophene rings is 1. The largest absolute Gasteiger partial charge is 0.370 e. The van der Waals surface area contributed by atoms with E-state index in [1.165, 1.54) is 5.56 Å². The van der Waals surface area contributed by atoms with E-state index in [2.05, 4.69) is 27.1 Å². The van der Waals surface area contributed by atoms with Gasteiger partial charge in [0.15, 0.2) is 0 Å². The summed E-state index contributed by atoms with van der Waals surface area (Å²) in [6.45, 7) is 3.43. The highest BCUT2D eigenvalue weighted by Crippen LogP contribution is 2.08. The van der Waals surface area contributed by atoms with Crippen LogP contribution in [0.4, 0.5) is 5.82 Å². The lowest BCUT2D eigenvalue weighted by Crippen LogP contribution is -2.25. The first-order valence-electron chi connectivity index (χ1n) is 6.29. The normalized spacial score (nSPS) is 10.2. The van der Waals surface area contributed by atoms with Crippen molar-refractivity contribution in [3.63, 3.8) is 0 Å². The van der Waals surface area contributed by atoms with E-state index in [-0.39, 0.29) is 5.91 Å². The molecule has 0 unspecified atom stereocenters. The number of carbonyl (C=O) groups is 1. The van der Waals surface area contributed by atoms with Crippen molar-refractivity contribution in [3.8, 4) is 0 Å². The summed E-state index contributed by atoms with van der Waals surface area (Å²) in [5.41, 5.74) is 1.89. The summed E-state index contributed by atoms with van der Waals surface area (Å²) >= 11 is 1.67. The number of carbonyl (C=O) groups excluding carboxylic acids is 1. The third kappa shape index (κ3) is 4.06. The Hall–Kier alpha value is -1.88. The van der Waals surface area contributed by atoms with Crippen LogP contribution in [-0.4, -0.2) is 24.0 Å². The molecule has 1 amide bonds. The third-order valence-corrected chi connectivity index (χ3v) is 3.39. The smallest absolute Gasteiger partial charge is 0.251 e. The van der Waals surface area contributed by atoms with Crippen LogP contribution in [0.25, 0.3) is 0 Å². The van der Waals surface area contributed by atoms with Crippen molar-refractivity contribution in [1.29, 1.82) is 0 Å². The lowest BCUT2D eigenvalue weighted by Gasteiger charge is -2.06. The van der Waals surface area contributed by atoms with Gasteiger partial charge >= 0.3 is 0 Å². The summed E-state index contributed by atoms with van der Waals surface area (Å²) < 4.78 is 0. The predicted molar refractivity (Wildman–Crippen MR) is 78.8 cm³/mol. The Morgan fingerprint density at radius 1 is 1.42 bits per heavy atom. The Bertz CT molecular complexity index is 525. The minimum Gasteiger partial charge on any atom is -0.370 e. The van der Waals surface area contributed by atoms with E-state index in [9.17, 15) is 4.79 Å². The summed E-state index contributed by atoms with van der Waals surface area (Å²) in [5.74, 6) is 0.671. The standard InChI is InChI=1S/C14H17N3OS/c1-2-15-13-9-12(4-7-16-13)14(18)17-6-3-11-5-8-19-10-11/h4-5,7-10H,2-3,6H2,1H3,(H,15,16)(H,17,18). The van der Waals surface area contributed by atoms with Crippen LogP contribution in [-0.2, 0) is 6.42 Å². The number of aromatic nitrogens is 1. The maximum absolute atomic E-state index is 12.0. The molecule has 19 heavy (non-hydrogen) atoms. The van der Waals surface area contributed by atoms with Gasteiger partial charge in [0, 0.05) is 24.8 Å². The third-order valence-electron chi connectivity index (χ3n) is 2.66. The fraction of sp³-hybridized carbons (Fsp3) is 0.286. The molecule has 0 aromatic carbocycles. The Morgan fingerprint density at radius 3 is 3.05 bits per heavy atom. The predicted octanol–water partition coefficient (Wildman–Crippen LogP) is 2.55. The zero-order valence-corrected chi connectivity index (χ0v) is 11.7. The molecule has 0 saturated carbocycles. The molecule has 0 aliphatic carbocycles. The van der Waals surface area contributed by atoms with Crippen molar-refractivity contribution in [2.75, 3.05) is 18.4 Å². The quantitative estimate of drug-likeness (QED) is 0.852. The first kappa shape index (κ1) is 13.5. The first-order valence-corrected chi connectivity index (χ1v) is 7.23. The fourth-order valence-electron chi connectivity index (χ4n) is 1.71. The van der Waals surface area contributed by atoms with Crippen molar-refractivity contribution >= 4 is 23.1 Å². The highest BCUT2D eigenvalue weighted by molar-refractivity contribution is 7.07. The molecular formula is C14H17N3OS. The second-order valence-electron chi connectivity index (χ2n) is 4.10. The number of rotatable bonds is 6. The molecule has 0 aliphatic heterocycles. The van der Waals surface area contributed by atoms with Crippen LogP contribution in [0.15, 0.2) is 35.2 Å². The van der Waals surface area contributed by atoms with E-state index in [0.29, 0.717) is 12.1 Å². The molecule has 2 aromatic rings. The van der Waals surface area contributed by atoms with Gasteiger partial charge in [0.2, 0.25) is 0 Å². The number of hydrogen-bond donors (Lipinski definition) is 2. The van der Waals surface area contributed by atoms with Gasteiger partial charge < -0.3 is 10.6 Å². The molecule has 0 aliphatic rings. The van der Waals surface area contributed by atoms with Crippen LogP contribution in [0.2, 0.25) is 0 Å². The second-order valence-corrected chi connectivity index (χ2v) is 4.88. The van der Waals surface area contributed by atoms with Gasteiger partial charge in [0.05, 0.1) is 0 Å². The zero-order valence-electron chi connectivity index (χ0n) is 10.8. The van der Waals surface area contributed by atoms with Gasteiger partial charge in [-0.05, 0) is 47.9 Å². The van der Waals surface area contributed by atoms with Crippen molar-refractivity contribution in [1.82, 2.24) is 10.3 Å². The number of nitrogens with zero attached hydrogens (tertiary/aromatic N) is 1. The van der Waals surface area contributed by atoms with E-state index >= 15 is 0 Å². The molecule has 2 aromatic heterocycles. The van der Waals surface area contributed by atoms with Crippen LogP contribution in [0.3, 0.4) is 0 Å². The van der Waals surface area contributed by atoms with E-state index in [1.807, 2.05) is 12.3 Å². The van der Waals surface area contributed by atoms with Crippen LogP contribution >= 0.6 is 11.3 Å². The molecule has 4 nitrogen and oxygen atoms in total. The van der Waals surface area contributed by atoms with Gasteiger partial charge in [-0.2, -0.15) is 11.3 Å². The highest BCUT2D eigenvalue weighted by Gasteiger charge is 2.06. The summed E-state index contributed by atoms with van der Waals surface area (Å²) in [5, 5.41) is 10.2. The molecule has 5 heteroatoms. The summed E-state index contributed by atoms with van der Waals surface area (Å²) in [6.07, 6.45) is 2.51. The Morgan fingerprint density at radius 2 is 2.32 bits per heavy atom. The molecule has 0 fully saturated rings. The van der Waals surface area contributed by atoms with Gasteiger partial charge in [-0.1, -0.05) is 0 Å². The highest BCUT2D eigenvalue weighted by atomic mass is 32.1. The molecule has 2 N–H and O–H groups in total. The lowest BCUT2D eigenvalue weighted by atomic mass is 10.2. The monoisotopic (exact) mass is 275 g/mol. The summed E-state index contributed by atoms with van der Waals surface area (Å²) in [4.78, 5) is 16.1. The van der Waals surface area contributed by atoms with Gasteiger partial charge in [0.1, 0.15) is 5.82 Å². The molecule has 0 spiro atoms. The van der Waals surface area contributed by atoms with Gasteiger partial charge in [-0.3, -0.25) is 4.79 Å². The molecule has 2 rings (SSSR count). The average Bonchev–Trinajstić information content (AvgIpc) is 2.92. The van der Waals surface area contributed by atoms with Crippen molar-refractivity contribution in [2.45, 2.75) is 13.3 Å². The van der Waals surface area contributed by atoms with Gasteiger partial charge in [-0.25, -0.2) is 4.98 Å². The minimum atomic E-state index is -0.0585. The van der Waals surface area contributed by atoms with E-state index in [1.54, 1.807) is 29.7 Å². The topological polar surface area (TPSA) is 54.0 Å². The van der Waals surface area contributed by atoms with Crippen LogP contribution in [0.1, 0.15) is 22.8 Å². The average molecular weight is 275 g/mol. The fourth-order valence-corrected chi connectivity index (χ4v) is 2.41. The maximum Gasteiger partial charge on any atom is 0.251 e. The molecule has 2 heterocycles. The molecular weight excluding hydrogens is 258 g/mol. The van der Waals surface area contributed by atoms with Gasteiger partial charge in [0.25, 0.3) is 5.91 Å². The van der Waals surface area contributed by atoms with E-state index < -0.39 is 0 Å². The number of amides is 1. The maximum atomic E-state index is 12.0. The summed E-state index contributed by atoms with van der Waals surface area (Å²) in [7, 11) is 0. The Balaban J connectivity index is 1.87. The van der Waals surface area contributed by atoms with Crippen molar-refractivity contribution < 1.29 is 4.79 Å². The molecule has 0 radical (unpaired) electrons. The SMILES string of the molecule is CCNc1cc(C(=O)NCCc2ccsc2)ccn1.